The van der Waals surface area contributed by atoms with Crippen molar-refractivity contribution in [1.82, 2.24) is 0 Å². The van der Waals surface area contributed by atoms with Crippen LogP contribution in [0.25, 0.3) is 0 Å². The minimum Gasteiger partial charge on any atom is -0.412 e. The minimum atomic E-state index is -0.238. The van der Waals surface area contributed by atoms with Crippen molar-refractivity contribution in [2.45, 2.75) is 45.4 Å². The Kier molecular flexibility index (Phi) is 5.08. The van der Waals surface area contributed by atoms with Crippen LogP contribution in [0.3, 0.4) is 0 Å². The molecule has 0 bridgehead atoms. The van der Waals surface area contributed by atoms with Crippen LogP contribution in [0.2, 0.25) is 0 Å². The van der Waals surface area contributed by atoms with Gasteiger partial charge in [-0.05, 0) is 19.3 Å². The third kappa shape index (κ3) is 4.28. The van der Waals surface area contributed by atoms with Crippen LogP contribution in [0.5, 0.6) is 0 Å². The summed E-state index contributed by atoms with van der Waals surface area (Å²) in [5, 5.41) is 7.21. The summed E-state index contributed by atoms with van der Waals surface area (Å²) in [6.45, 7) is 2.18. The Balaban J connectivity index is 2.14. The van der Waals surface area contributed by atoms with Gasteiger partial charge < -0.3 is 4.74 Å². The number of carbonyl (C=O) groups is 1. The van der Waals surface area contributed by atoms with Crippen LogP contribution in [0.15, 0.2) is 12.2 Å². The number of ether oxygens (including phenoxy) is 1. The molecule has 0 aromatic carbocycles. The Hall–Kier alpha value is -1.12. The molecule has 0 aromatic heterocycles. The molecule has 0 saturated carbocycles. The summed E-state index contributed by atoms with van der Waals surface area (Å²) in [4.78, 5) is 11.2. The normalized spacial score (nSPS) is 21.3. The zero-order valence-corrected chi connectivity index (χ0v) is 9.29. The second-order valence-electron chi connectivity index (χ2n) is 3.95. The molecule has 1 unspecified atom stereocenters. The fraction of sp³-hybridized carbons (Fsp3) is 0.667. The molecule has 1 heterocycles. The van der Waals surface area contributed by atoms with Gasteiger partial charge in [-0.1, -0.05) is 31.9 Å². The number of hydrogen-bond donors (Lipinski definition) is 1. The first kappa shape index (κ1) is 12.0. The smallest absolute Gasteiger partial charge is 0.316 e. The van der Waals surface area contributed by atoms with Crippen LogP contribution in [-0.4, -0.2) is 11.9 Å². The maximum absolute atomic E-state index is 11.2. The van der Waals surface area contributed by atoms with Gasteiger partial charge >= 0.3 is 5.97 Å². The summed E-state index contributed by atoms with van der Waals surface area (Å²) in [6.07, 6.45) is 10.2. The Morgan fingerprint density at radius 1 is 1.47 bits per heavy atom. The molecule has 0 aromatic rings. The molecule has 1 aliphatic heterocycles. The second kappa shape index (κ2) is 6.38. The van der Waals surface area contributed by atoms with Crippen molar-refractivity contribution in [2.75, 3.05) is 0 Å². The third-order valence-electron chi connectivity index (χ3n) is 2.55. The summed E-state index contributed by atoms with van der Waals surface area (Å²) >= 11 is 0. The summed E-state index contributed by atoms with van der Waals surface area (Å²) in [7, 11) is 0. The van der Waals surface area contributed by atoms with Gasteiger partial charge in [-0.25, -0.2) is 0 Å². The number of esters is 1. The molecule has 3 nitrogen and oxygen atoms in total. The fourth-order valence-corrected chi connectivity index (χ4v) is 1.62. The van der Waals surface area contributed by atoms with Crippen LogP contribution in [0.4, 0.5) is 0 Å². The van der Waals surface area contributed by atoms with Crippen LogP contribution in [-0.2, 0) is 9.53 Å². The molecule has 1 rings (SSSR count). The monoisotopic (exact) mass is 209 g/mol. The van der Waals surface area contributed by atoms with Crippen molar-refractivity contribution in [2.24, 2.45) is 5.92 Å². The average molecular weight is 209 g/mol. The van der Waals surface area contributed by atoms with Gasteiger partial charge in [0.15, 0.2) is 5.90 Å². The minimum absolute atomic E-state index is 0.111. The second-order valence-corrected chi connectivity index (χ2v) is 3.95. The molecule has 1 fully saturated rings. The van der Waals surface area contributed by atoms with E-state index in [-0.39, 0.29) is 17.8 Å². The van der Waals surface area contributed by atoms with Gasteiger partial charge in [0.05, 0.1) is 5.92 Å². The highest BCUT2D eigenvalue weighted by Gasteiger charge is 2.29. The highest BCUT2D eigenvalue weighted by Crippen LogP contribution is 2.20. The first-order valence-corrected chi connectivity index (χ1v) is 5.68. The van der Waals surface area contributed by atoms with Crippen molar-refractivity contribution in [1.29, 1.82) is 5.41 Å². The fourth-order valence-electron chi connectivity index (χ4n) is 1.62. The van der Waals surface area contributed by atoms with E-state index in [0.29, 0.717) is 12.8 Å². The molecule has 0 radical (unpaired) electrons. The van der Waals surface area contributed by atoms with E-state index in [0.717, 1.165) is 6.42 Å². The molecule has 15 heavy (non-hydrogen) atoms. The molecule has 0 aliphatic carbocycles. The molecular formula is C12H19NO2. The lowest BCUT2D eigenvalue weighted by molar-refractivity contribution is -0.136. The summed E-state index contributed by atoms with van der Waals surface area (Å²) in [5.41, 5.74) is 0. The van der Waals surface area contributed by atoms with E-state index >= 15 is 0 Å². The number of nitrogens with one attached hydrogen (secondary N) is 1. The third-order valence-corrected chi connectivity index (χ3v) is 2.55. The Labute approximate surface area is 91.0 Å². The summed E-state index contributed by atoms with van der Waals surface area (Å²) in [5.74, 6) is -0.234. The lowest BCUT2D eigenvalue weighted by Crippen LogP contribution is -2.05. The lowest BCUT2D eigenvalue weighted by Gasteiger charge is -1.98. The van der Waals surface area contributed by atoms with Crippen LogP contribution >= 0.6 is 0 Å². The highest BCUT2D eigenvalue weighted by atomic mass is 16.5. The van der Waals surface area contributed by atoms with Gasteiger partial charge in [0.1, 0.15) is 0 Å². The number of rotatable bonds is 6. The van der Waals surface area contributed by atoms with Crippen molar-refractivity contribution in [3.05, 3.63) is 12.2 Å². The van der Waals surface area contributed by atoms with E-state index in [2.05, 4.69) is 17.7 Å². The van der Waals surface area contributed by atoms with Crippen molar-refractivity contribution < 1.29 is 9.53 Å². The van der Waals surface area contributed by atoms with Gasteiger partial charge in [0.2, 0.25) is 0 Å². The summed E-state index contributed by atoms with van der Waals surface area (Å²) < 4.78 is 4.68. The van der Waals surface area contributed by atoms with Crippen molar-refractivity contribution >= 4 is 11.9 Å². The quantitative estimate of drug-likeness (QED) is 0.415. The van der Waals surface area contributed by atoms with E-state index in [1.54, 1.807) is 0 Å². The predicted octanol–water partition coefficient (Wildman–Crippen LogP) is 3.05. The largest absolute Gasteiger partial charge is 0.412 e. The molecule has 1 atom stereocenters. The zero-order chi connectivity index (χ0) is 11.1. The van der Waals surface area contributed by atoms with E-state index in [4.69, 9.17) is 5.41 Å². The molecule has 0 spiro atoms. The van der Waals surface area contributed by atoms with E-state index < -0.39 is 0 Å². The maximum Gasteiger partial charge on any atom is 0.316 e. The molecule has 84 valence electrons. The van der Waals surface area contributed by atoms with E-state index in [1.807, 2.05) is 6.08 Å². The van der Waals surface area contributed by atoms with Gasteiger partial charge in [-0.15, -0.1) is 0 Å². The maximum atomic E-state index is 11.2. The first-order chi connectivity index (χ1) is 7.24. The Morgan fingerprint density at radius 3 is 2.87 bits per heavy atom. The molecule has 1 N–H and O–H groups in total. The SMILES string of the molecule is CCCCCC=CCC1CC(=N)OC1=O. The summed E-state index contributed by atoms with van der Waals surface area (Å²) in [6, 6.07) is 0. The Bertz CT molecular complexity index is 258. The number of carbonyl (C=O) groups excluding carboxylic acids is 1. The number of hydrogen-bond acceptors (Lipinski definition) is 3. The predicted molar refractivity (Wildman–Crippen MR) is 59.8 cm³/mol. The van der Waals surface area contributed by atoms with Gasteiger partial charge in [-0.3, -0.25) is 10.2 Å². The van der Waals surface area contributed by atoms with E-state index in [1.165, 1.54) is 19.3 Å². The zero-order valence-electron chi connectivity index (χ0n) is 9.29. The van der Waals surface area contributed by atoms with Gasteiger partial charge in [-0.2, -0.15) is 0 Å². The number of cyclic esters (lactones) is 1. The molecule has 0 amide bonds. The number of allylic oxidation sites excluding steroid dienone is 2. The van der Waals surface area contributed by atoms with Gasteiger partial charge in [0.25, 0.3) is 0 Å². The van der Waals surface area contributed by atoms with Crippen molar-refractivity contribution in [3.63, 3.8) is 0 Å². The van der Waals surface area contributed by atoms with Gasteiger partial charge in [0, 0.05) is 6.42 Å². The number of unbranched alkanes of at least 4 members (excludes halogenated alkanes) is 3. The van der Waals surface area contributed by atoms with E-state index in [9.17, 15) is 4.79 Å². The molecule has 1 aliphatic rings. The molecule has 3 heteroatoms. The standard InChI is InChI=1S/C12H19NO2/c1-2-3-4-5-6-7-8-10-9-11(13)15-12(10)14/h6-7,10,13H,2-5,8-9H2,1H3. The lowest BCUT2D eigenvalue weighted by atomic mass is 10.0. The van der Waals surface area contributed by atoms with Crippen LogP contribution in [0, 0.1) is 11.3 Å². The highest BCUT2D eigenvalue weighted by molar-refractivity contribution is 5.95. The van der Waals surface area contributed by atoms with Crippen LogP contribution < -0.4 is 0 Å². The van der Waals surface area contributed by atoms with Crippen LogP contribution in [0.1, 0.15) is 45.4 Å². The first-order valence-electron chi connectivity index (χ1n) is 5.68. The van der Waals surface area contributed by atoms with Crippen molar-refractivity contribution in [3.8, 4) is 0 Å². The topological polar surface area (TPSA) is 50.1 Å². The molecule has 1 saturated heterocycles. The molecular weight excluding hydrogens is 190 g/mol. The Morgan fingerprint density at radius 2 is 2.27 bits per heavy atom. The average Bonchev–Trinajstić information content (AvgIpc) is 2.51.